The Morgan fingerprint density at radius 2 is 1.37 bits per heavy atom. The van der Waals surface area contributed by atoms with Gasteiger partial charge in [0.2, 0.25) is 35.4 Å². The summed E-state index contributed by atoms with van der Waals surface area (Å²) in [5.41, 5.74) is 10.6. The molecule has 0 aromatic rings. The van der Waals surface area contributed by atoms with Gasteiger partial charge in [-0.05, 0) is 71.4 Å². The minimum atomic E-state index is -1.30. The molecule has 0 radical (unpaired) electrons. The fourth-order valence-electron chi connectivity index (χ4n) is 4.34. The van der Waals surface area contributed by atoms with E-state index in [1.165, 1.54) is 13.8 Å². The van der Waals surface area contributed by atoms with Crippen LogP contribution in [-0.4, -0.2) is 95.9 Å². The van der Waals surface area contributed by atoms with Gasteiger partial charge in [-0.3, -0.25) is 28.8 Å². The molecule has 244 valence electrons. The zero-order valence-corrected chi connectivity index (χ0v) is 25.4. The molecule has 16 heteroatoms. The highest BCUT2D eigenvalue weighted by molar-refractivity contribution is 5.96. The molecule has 1 fully saturated rings. The van der Waals surface area contributed by atoms with Crippen molar-refractivity contribution in [2.24, 2.45) is 17.4 Å². The minimum Gasteiger partial charge on any atom is -0.480 e. The number of unbranched alkanes of at least 4 members (excludes halogenated alkanes) is 1. The minimum absolute atomic E-state index is 0.151. The largest absolute Gasteiger partial charge is 0.480 e. The quantitative estimate of drug-likeness (QED) is 0.0683. The third-order valence-corrected chi connectivity index (χ3v) is 7.00. The van der Waals surface area contributed by atoms with Gasteiger partial charge in [-0.15, -0.1) is 0 Å². The van der Waals surface area contributed by atoms with Crippen LogP contribution in [0.3, 0.4) is 0 Å². The highest BCUT2D eigenvalue weighted by Crippen LogP contribution is 2.09. The van der Waals surface area contributed by atoms with Gasteiger partial charge in [0.1, 0.15) is 30.2 Å². The Morgan fingerprint density at radius 3 is 1.86 bits per heavy atom. The van der Waals surface area contributed by atoms with Gasteiger partial charge in [0, 0.05) is 6.42 Å². The van der Waals surface area contributed by atoms with Gasteiger partial charge in [0.15, 0.2) is 0 Å². The van der Waals surface area contributed by atoms with E-state index in [4.69, 9.17) is 11.5 Å². The number of primary amides is 1. The van der Waals surface area contributed by atoms with Crippen molar-refractivity contribution in [3.05, 3.63) is 0 Å². The van der Waals surface area contributed by atoms with E-state index in [-0.39, 0.29) is 31.1 Å². The summed E-state index contributed by atoms with van der Waals surface area (Å²) in [7, 11) is 0. The molecule has 0 spiro atoms. The number of carbonyl (C=O) groups excluding carboxylic acids is 6. The van der Waals surface area contributed by atoms with E-state index < -0.39 is 71.8 Å². The van der Waals surface area contributed by atoms with Gasteiger partial charge < -0.3 is 48.5 Å². The third-order valence-electron chi connectivity index (χ3n) is 7.00. The van der Waals surface area contributed by atoms with Gasteiger partial charge in [0.05, 0.1) is 6.04 Å². The SMILES string of the molecule is CC(C)[C@H](NC(=O)[C@@H]1CCCN1)C(=O)N[C@@H](C)C(=O)N[C@@H](CCC(N)=O)C(=O)N[C@@H](C)C(=O)N[C@@H](CCCCN)C(=O)O. The molecule has 0 aromatic heterocycles. The van der Waals surface area contributed by atoms with Crippen molar-refractivity contribution >= 4 is 41.4 Å². The number of nitrogens with one attached hydrogen (secondary N) is 6. The summed E-state index contributed by atoms with van der Waals surface area (Å²) in [5, 5.41) is 24.9. The maximum atomic E-state index is 13.0. The van der Waals surface area contributed by atoms with Crippen LogP contribution >= 0.6 is 0 Å². The molecule has 1 aliphatic heterocycles. The number of carboxylic acids is 1. The lowest BCUT2D eigenvalue weighted by Crippen LogP contribution is -2.59. The fraction of sp³-hybridized carbons (Fsp3) is 0.741. The molecule has 6 atom stereocenters. The maximum Gasteiger partial charge on any atom is 0.326 e. The first-order valence-corrected chi connectivity index (χ1v) is 14.6. The topological polar surface area (TPSA) is 264 Å². The summed E-state index contributed by atoms with van der Waals surface area (Å²) in [6.07, 6.45) is 2.25. The normalized spacial score (nSPS) is 18.0. The zero-order chi connectivity index (χ0) is 32.7. The van der Waals surface area contributed by atoms with E-state index in [1.807, 2.05) is 0 Å². The van der Waals surface area contributed by atoms with Crippen molar-refractivity contribution in [3.63, 3.8) is 0 Å². The molecule has 0 unspecified atom stereocenters. The summed E-state index contributed by atoms with van der Waals surface area (Å²) in [5.74, 6) is -5.49. The fourth-order valence-corrected chi connectivity index (χ4v) is 4.34. The molecule has 0 bridgehead atoms. The van der Waals surface area contributed by atoms with Gasteiger partial charge in [-0.25, -0.2) is 4.79 Å². The smallest absolute Gasteiger partial charge is 0.326 e. The second kappa shape index (κ2) is 18.7. The molecule has 1 aliphatic rings. The number of nitrogens with two attached hydrogens (primary N) is 2. The van der Waals surface area contributed by atoms with E-state index >= 15 is 0 Å². The molecule has 43 heavy (non-hydrogen) atoms. The molecular weight excluding hydrogens is 564 g/mol. The monoisotopic (exact) mass is 612 g/mol. The average Bonchev–Trinajstić information content (AvgIpc) is 3.47. The Kier molecular flexibility index (Phi) is 16.2. The first kappa shape index (κ1) is 37.2. The summed E-state index contributed by atoms with van der Waals surface area (Å²) in [4.78, 5) is 86.9. The first-order valence-electron chi connectivity index (χ1n) is 14.6. The summed E-state index contributed by atoms with van der Waals surface area (Å²) >= 11 is 0. The van der Waals surface area contributed by atoms with Crippen LogP contribution in [0.5, 0.6) is 0 Å². The number of carboxylic acid groups (broad SMARTS) is 1. The van der Waals surface area contributed by atoms with Crippen molar-refractivity contribution in [3.8, 4) is 0 Å². The summed E-state index contributed by atoms with van der Waals surface area (Å²) < 4.78 is 0. The molecule has 16 nitrogen and oxygen atoms in total. The van der Waals surface area contributed by atoms with Crippen LogP contribution in [0.15, 0.2) is 0 Å². The third kappa shape index (κ3) is 13.4. The molecular formula is C27H48N8O8. The molecule has 6 amide bonds. The van der Waals surface area contributed by atoms with Crippen molar-refractivity contribution in [2.75, 3.05) is 13.1 Å². The number of carbonyl (C=O) groups is 7. The number of aliphatic carboxylic acids is 1. The number of amides is 6. The predicted molar refractivity (Wildman–Crippen MR) is 156 cm³/mol. The molecule has 11 N–H and O–H groups in total. The summed E-state index contributed by atoms with van der Waals surface area (Å²) in [6, 6.07) is -6.10. The summed E-state index contributed by atoms with van der Waals surface area (Å²) in [6.45, 7) is 7.31. The molecule has 0 aromatic carbocycles. The van der Waals surface area contributed by atoms with Gasteiger partial charge >= 0.3 is 5.97 Å². The highest BCUT2D eigenvalue weighted by atomic mass is 16.4. The van der Waals surface area contributed by atoms with Crippen LogP contribution < -0.4 is 43.4 Å². The highest BCUT2D eigenvalue weighted by Gasteiger charge is 2.32. The zero-order valence-electron chi connectivity index (χ0n) is 25.4. The second-order valence-corrected chi connectivity index (χ2v) is 11.1. The van der Waals surface area contributed by atoms with Gasteiger partial charge in [0.25, 0.3) is 0 Å². The van der Waals surface area contributed by atoms with Crippen LogP contribution in [0.2, 0.25) is 0 Å². The van der Waals surface area contributed by atoms with Crippen LogP contribution in [0.1, 0.15) is 72.6 Å². The van der Waals surface area contributed by atoms with Crippen molar-refractivity contribution in [1.29, 1.82) is 0 Å². The molecule has 1 saturated heterocycles. The number of rotatable bonds is 19. The van der Waals surface area contributed by atoms with E-state index in [2.05, 4.69) is 31.9 Å². The van der Waals surface area contributed by atoms with Gasteiger partial charge in [-0.1, -0.05) is 13.8 Å². The van der Waals surface area contributed by atoms with Crippen LogP contribution in [-0.2, 0) is 33.6 Å². The standard InChI is InChI=1S/C27H48N8O8/c1-14(2)21(35-24(39)17-9-7-13-30-17)26(41)32-16(4)22(37)33-18(10-11-20(29)36)25(40)31-15(3)23(38)34-19(27(42)43)8-5-6-12-28/h14-19,21,30H,5-13,28H2,1-4H3,(H2,29,36)(H,31,40)(H,32,41)(H,33,37)(H,34,38)(H,35,39)(H,42,43)/t15-,16-,17-,18-,19-,21-/m0/s1. The second-order valence-electron chi connectivity index (χ2n) is 11.1. The van der Waals surface area contributed by atoms with E-state index in [0.717, 1.165) is 6.42 Å². The molecule has 1 heterocycles. The molecule has 0 saturated carbocycles. The Morgan fingerprint density at radius 1 is 0.791 bits per heavy atom. The first-order chi connectivity index (χ1) is 20.2. The van der Waals surface area contributed by atoms with Gasteiger partial charge in [-0.2, -0.15) is 0 Å². The van der Waals surface area contributed by atoms with Crippen molar-refractivity contribution in [1.82, 2.24) is 31.9 Å². The molecule has 1 rings (SSSR count). The van der Waals surface area contributed by atoms with Crippen LogP contribution in [0.25, 0.3) is 0 Å². The Hall–Kier alpha value is -3.79. The van der Waals surface area contributed by atoms with Crippen molar-refractivity contribution < 1.29 is 38.7 Å². The Bertz CT molecular complexity index is 1000. The van der Waals surface area contributed by atoms with E-state index in [0.29, 0.717) is 32.4 Å². The Balaban J connectivity index is 2.83. The number of hydrogen-bond acceptors (Lipinski definition) is 9. The molecule has 0 aliphatic carbocycles. The number of hydrogen-bond donors (Lipinski definition) is 9. The Labute approximate surface area is 251 Å². The lowest BCUT2D eigenvalue weighted by Gasteiger charge is -2.26. The average molecular weight is 613 g/mol. The van der Waals surface area contributed by atoms with E-state index in [1.54, 1.807) is 13.8 Å². The predicted octanol–water partition coefficient (Wildman–Crippen LogP) is -2.66. The van der Waals surface area contributed by atoms with Crippen LogP contribution in [0, 0.1) is 5.92 Å². The lowest BCUT2D eigenvalue weighted by molar-refractivity contribution is -0.142. The van der Waals surface area contributed by atoms with E-state index in [9.17, 15) is 38.7 Å². The maximum absolute atomic E-state index is 13.0. The lowest BCUT2D eigenvalue weighted by atomic mass is 10.0. The van der Waals surface area contributed by atoms with Crippen LogP contribution in [0.4, 0.5) is 0 Å². The van der Waals surface area contributed by atoms with Crippen molar-refractivity contribution in [2.45, 2.75) is 109 Å².